The summed E-state index contributed by atoms with van der Waals surface area (Å²) in [5.41, 5.74) is 4.34. The van der Waals surface area contributed by atoms with Crippen molar-refractivity contribution in [1.82, 2.24) is 30.6 Å². The van der Waals surface area contributed by atoms with Gasteiger partial charge >= 0.3 is 0 Å². The summed E-state index contributed by atoms with van der Waals surface area (Å²) >= 11 is 7.01. The van der Waals surface area contributed by atoms with Crippen LogP contribution < -0.4 is 0 Å². The fraction of sp³-hybridized carbons (Fsp3) is 0.273. The van der Waals surface area contributed by atoms with Crippen molar-refractivity contribution in [2.24, 2.45) is 0 Å². The van der Waals surface area contributed by atoms with Crippen LogP contribution in [0.4, 0.5) is 0 Å². The van der Waals surface area contributed by atoms with Crippen LogP contribution in [0.2, 0.25) is 5.02 Å². The minimum atomic E-state index is -0.0811. The number of rotatable bonds is 8. The Bertz CT molecular complexity index is 1090. The van der Waals surface area contributed by atoms with Crippen LogP contribution in [-0.2, 0) is 6.61 Å². The first kappa shape index (κ1) is 20.3. The molecule has 0 amide bonds. The van der Waals surface area contributed by atoms with Crippen LogP contribution >= 0.6 is 11.6 Å². The average molecular weight is 423 g/mol. The van der Waals surface area contributed by atoms with Gasteiger partial charge in [0.1, 0.15) is 5.82 Å². The predicted molar refractivity (Wildman–Crippen MR) is 116 cm³/mol. The Morgan fingerprint density at radius 3 is 2.63 bits per heavy atom. The fourth-order valence-electron chi connectivity index (χ4n) is 3.69. The number of benzene rings is 2. The zero-order valence-corrected chi connectivity index (χ0v) is 17.4. The molecule has 2 aromatic carbocycles. The normalized spacial score (nSPS) is 12.2. The molecular weight excluding hydrogens is 400 g/mol. The Balaban J connectivity index is 1.87. The average Bonchev–Trinajstić information content (AvgIpc) is 3.47. The van der Waals surface area contributed by atoms with Crippen molar-refractivity contribution in [3.05, 3.63) is 70.8 Å². The van der Waals surface area contributed by atoms with Crippen LogP contribution in [0.3, 0.4) is 0 Å². The molecule has 0 radical (unpaired) electrons. The van der Waals surface area contributed by atoms with Crippen molar-refractivity contribution in [3.8, 4) is 22.5 Å². The zero-order chi connectivity index (χ0) is 20.9. The second-order valence-electron chi connectivity index (χ2n) is 7.14. The van der Waals surface area contributed by atoms with Crippen molar-refractivity contribution in [2.45, 2.75) is 38.7 Å². The Kier molecular flexibility index (Phi) is 6.21. The van der Waals surface area contributed by atoms with Gasteiger partial charge in [0, 0.05) is 11.5 Å². The van der Waals surface area contributed by atoms with E-state index in [1.165, 1.54) is 0 Å². The van der Waals surface area contributed by atoms with Gasteiger partial charge in [-0.3, -0.25) is 0 Å². The molecule has 7 nitrogen and oxygen atoms in total. The van der Waals surface area contributed by atoms with E-state index in [0.29, 0.717) is 16.5 Å². The minimum Gasteiger partial charge on any atom is -0.390 e. The largest absolute Gasteiger partial charge is 0.390 e. The van der Waals surface area contributed by atoms with Gasteiger partial charge in [0.15, 0.2) is 0 Å². The first-order valence-electron chi connectivity index (χ1n) is 9.99. The highest BCUT2D eigenvalue weighted by Gasteiger charge is 2.25. The highest BCUT2D eigenvalue weighted by Crippen LogP contribution is 2.42. The zero-order valence-electron chi connectivity index (χ0n) is 16.6. The number of aromatic amines is 2. The molecule has 30 heavy (non-hydrogen) atoms. The number of tetrazole rings is 1. The molecule has 0 saturated carbocycles. The first-order chi connectivity index (χ1) is 14.7. The molecule has 0 aliphatic rings. The monoisotopic (exact) mass is 422 g/mol. The summed E-state index contributed by atoms with van der Waals surface area (Å²) in [4.78, 5) is 7.74. The van der Waals surface area contributed by atoms with E-state index in [0.717, 1.165) is 47.3 Å². The quantitative estimate of drug-likeness (QED) is 0.381. The molecule has 2 aromatic heterocycles. The van der Waals surface area contributed by atoms with Crippen LogP contribution in [0.15, 0.2) is 48.7 Å². The van der Waals surface area contributed by atoms with E-state index < -0.39 is 0 Å². The number of aliphatic hydroxyl groups is 1. The highest BCUT2D eigenvalue weighted by atomic mass is 35.5. The van der Waals surface area contributed by atoms with Crippen LogP contribution in [-0.4, -0.2) is 35.7 Å². The molecule has 0 saturated heterocycles. The van der Waals surface area contributed by atoms with Gasteiger partial charge in [-0.05, 0) is 28.3 Å². The van der Waals surface area contributed by atoms with E-state index in [1.807, 2.05) is 30.3 Å². The van der Waals surface area contributed by atoms with Crippen molar-refractivity contribution >= 4 is 11.6 Å². The highest BCUT2D eigenvalue weighted by molar-refractivity contribution is 6.34. The molecule has 0 bridgehead atoms. The number of hydrogen-bond acceptors (Lipinski definition) is 5. The van der Waals surface area contributed by atoms with Gasteiger partial charge in [0.25, 0.3) is 0 Å². The summed E-state index contributed by atoms with van der Waals surface area (Å²) in [5.74, 6) is 1.21. The van der Waals surface area contributed by atoms with Crippen molar-refractivity contribution < 1.29 is 5.11 Å². The van der Waals surface area contributed by atoms with E-state index in [9.17, 15) is 5.11 Å². The smallest absolute Gasteiger partial charge is 0.206 e. The van der Waals surface area contributed by atoms with E-state index in [-0.39, 0.29) is 12.5 Å². The van der Waals surface area contributed by atoms with Crippen molar-refractivity contribution in [1.29, 1.82) is 0 Å². The molecule has 4 aromatic rings. The third-order valence-corrected chi connectivity index (χ3v) is 5.60. The van der Waals surface area contributed by atoms with Gasteiger partial charge < -0.3 is 10.1 Å². The number of nitrogens with zero attached hydrogens (tertiary/aromatic N) is 4. The lowest BCUT2D eigenvalue weighted by atomic mass is 9.88. The van der Waals surface area contributed by atoms with Crippen molar-refractivity contribution in [3.63, 3.8) is 0 Å². The van der Waals surface area contributed by atoms with Gasteiger partial charge in [0.2, 0.25) is 5.82 Å². The number of nitrogens with one attached hydrogen (secondary N) is 2. The number of H-pyrrole nitrogens is 2. The molecule has 0 fully saturated rings. The molecule has 8 heteroatoms. The molecule has 0 aliphatic carbocycles. The topological polar surface area (TPSA) is 103 Å². The maximum absolute atomic E-state index is 9.44. The summed E-state index contributed by atoms with van der Waals surface area (Å²) in [7, 11) is 0. The molecule has 4 rings (SSSR count). The Labute approximate surface area is 179 Å². The lowest BCUT2D eigenvalue weighted by Crippen LogP contribution is -2.06. The van der Waals surface area contributed by atoms with Crippen LogP contribution in [0, 0.1) is 0 Å². The third-order valence-electron chi connectivity index (χ3n) is 5.20. The first-order valence-corrected chi connectivity index (χ1v) is 10.4. The summed E-state index contributed by atoms with van der Waals surface area (Å²) < 4.78 is 0. The van der Waals surface area contributed by atoms with Gasteiger partial charge in [-0.15, -0.1) is 10.2 Å². The third kappa shape index (κ3) is 3.99. The Morgan fingerprint density at radius 2 is 1.97 bits per heavy atom. The van der Waals surface area contributed by atoms with Crippen molar-refractivity contribution in [2.75, 3.05) is 0 Å². The van der Waals surface area contributed by atoms with Gasteiger partial charge in [-0.1, -0.05) is 73.8 Å². The number of aromatic nitrogens is 6. The van der Waals surface area contributed by atoms with Crippen LogP contribution in [0.5, 0.6) is 0 Å². The SMILES string of the molecule is CCCCC(c1ncc(CO)[nH]1)c1ccc(-c2ccccc2)c(-c2nn[nH]n2)c1Cl. The van der Waals surface area contributed by atoms with Gasteiger partial charge in [-0.25, -0.2) is 4.98 Å². The molecule has 154 valence electrons. The maximum atomic E-state index is 9.44. The molecule has 0 spiro atoms. The Morgan fingerprint density at radius 1 is 1.13 bits per heavy atom. The summed E-state index contributed by atoms with van der Waals surface area (Å²) in [5, 5.41) is 24.7. The maximum Gasteiger partial charge on any atom is 0.206 e. The predicted octanol–water partition coefficient (Wildman–Crippen LogP) is 4.72. The lowest BCUT2D eigenvalue weighted by Gasteiger charge is -2.20. The fourth-order valence-corrected chi connectivity index (χ4v) is 4.07. The molecule has 1 unspecified atom stereocenters. The lowest BCUT2D eigenvalue weighted by molar-refractivity contribution is 0.277. The summed E-state index contributed by atoms with van der Waals surface area (Å²) in [6, 6.07) is 14.1. The van der Waals surface area contributed by atoms with Gasteiger partial charge in [-0.2, -0.15) is 5.21 Å². The van der Waals surface area contributed by atoms with E-state index in [2.05, 4.69) is 49.6 Å². The summed E-state index contributed by atoms with van der Waals surface area (Å²) in [6.07, 6.45) is 4.63. The van der Waals surface area contributed by atoms with E-state index >= 15 is 0 Å². The van der Waals surface area contributed by atoms with E-state index in [4.69, 9.17) is 11.6 Å². The van der Waals surface area contributed by atoms with Crippen LogP contribution in [0.25, 0.3) is 22.5 Å². The number of halogens is 1. The molecule has 3 N–H and O–H groups in total. The number of unbranched alkanes of at least 4 members (excludes halogenated alkanes) is 1. The molecule has 1 atom stereocenters. The second kappa shape index (κ2) is 9.19. The number of imidazole rings is 1. The molecular formula is C22H23ClN6O. The summed E-state index contributed by atoms with van der Waals surface area (Å²) in [6.45, 7) is 2.07. The molecule has 0 aliphatic heterocycles. The minimum absolute atomic E-state index is 0.0341. The number of aliphatic hydroxyl groups excluding tert-OH is 1. The molecule has 2 heterocycles. The van der Waals surface area contributed by atoms with E-state index in [1.54, 1.807) is 6.20 Å². The van der Waals surface area contributed by atoms with Gasteiger partial charge in [0.05, 0.1) is 23.5 Å². The van der Waals surface area contributed by atoms with Crippen LogP contribution in [0.1, 0.15) is 49.2 Å². The number of hydrogen-bond donors (Lipinski definition) is 3. The second-order valence-corrected chi connectivity index (χ2v) is 7.52. The Hall–Kier alpha value is -3.03. The standard InChI is InChI=1S/C22H23ClN6O/c1-2-3-9-18(21-24-12-15(13-30)25-21)17-11-10-16(14-7-5-4-6-8-14)19(20(17)23)22-26-28-29-27-22/h4-8,10-12,18,30H,2-3,9,13H2,1H3,(H,24,25)(H,26,27,28,29).